The second kappa shape index (κ2) is 9.09. The quantitative estimate of drug-likeness (QED) is 0.610. The van der Waals surface area contributed by atoms with E-state index in [0.717, 1.165) is 19.5 Å². The number of hydrogen-bond donors (Lipinski definition) is 1. The summed E-state index contributed by atoms with van der Waals surface area (Å²) in [5, 5.41) is 6.92. The summed E-state index contributed by atoms with van der Waals surface area (Å²) in [7, 11) is 1.77. The molecule has 0 bridgehead atoms. The number of carbonyl (C=O) groups is 2. The van der Waals surface area contributed by atoms with Crippen LogP contribution in [0.1, 0.15) is 41.0 Å². The standard InChI is InChI=1S/C23H25N5O4/c1-15(2)31-18-9-16(22(29)25-21-5-8-27(3)26-21)10-19(12-18)32-20-11-17(13-24-14-20)23(30)28-6-4-7-28/h5,8-15H,4,6-7H2,1-3H3,(H,25,26,29). The third-order valence-corrected chi connectivity index (χ3v) is 4.81. The van der Waals surface area contributed by atoms with E-state index in [-0.39, 0.29) is 17.9 Å². The van der Waals surface area contributed by atoms with Crippen molar-refractivity contribution >= 4 is 17.6 Å². The van der Waals surface area contributed by atoms with Gasteiger partial charge in [-0.3, -0.25) is 19.3 Å². The van der Waals surface area contributed by atoms with E-state index in [1.165, 1.54) is 12.4 Å². The van der Waals surface area contributed by atoms with Crippen molar-refractivity contribution in [2.45, 2.75) is 26.4 Å². The minimum absolute atomic E-state index is 0.0680. The average molecular weight is 435 g/mol. The molecule has 1 aliphatic heterocycles. The maximum Gasteiger partial charge on any atom is 0.257 e. The van der Waals surface area contributed by atoms with Crippen molar-refractivity contribution in [3.05, 3.63) is 60.0 Å². The number of nitrogens with zero attached hydrogens (tertiary/aromatic N) is 4. The van der Waals surface area contributed by atoms with Crippen molar-refractivity contribution in [3.8, 4) is 17.2 Å². The molecular weight excluding hydrogens is 410 g/mol. The molecule has 2 aromatic heterocycles. The van der Waals surface area contributed by atoms with Crippen molar-refractivity contribution < 1.29 is 19.1 Å². The molecule has 0 atom stereocenters. The van der Waals surface area contributed by atoms with E-state index < -0.39 is 0 Å². The summed E-state index contributed by atoms with van der Waals surface area (Å²) in [5.74, 6) is 1.31. The predicted octanol–water partition coefficient (Wildman–Crippen LogP) is 3.49. The highest BCUT2D eigenvalue weighted by molar-refractivity contribution is 6.04. The Bertz CT molecular complexity index is 1140. The number of rotatable bonds is 7. The average Bonchev–Trinajstić information content (AvgIpc) is 3.10. The fraction of sp³-hybridized carbons (Fsp3) is 0.304. The molecule has 1 fully saturated rings. The molecule has 3 heterocycles. The van der Waals surface area contributed by atoms with Crippen molar-refractivity contribution in [1.29, 1.82) is 0 Å². The summed E-state index contributed by atoms with van der Waals surface area (Å²) in [4.78, 5) is 31.2. The Morgan fingerprint density at radius 1 is 1.03 bits per heavy atom. The zero-order valence-corrected chi connectivity index (χ0v) is 18.2. The molecule has 0 radical (unpaired) electrons. The van der Waals surface area contributed by atoms with Crippen LogP contribution < -0.4 is 14.8 Å². The van der Waals surface area contributed by atoms with Gasteiger partial charge < -0.3 is 19.7 Å². The van der Waals surface area contributed by atoms with Gasteiger partial charge >= 0.3 is 0 Å². The molecule has 1 aliphatic rings. The van der Waals surface area contributed by atoms with Crippen LogP contribution in [0.5, 0.6) is 17.2 Å². The molecule has 0 spiro atoms. The van der Waals surface area contributed by atoms with Gasteiger partial charge in [-0.2, -0.15) is 5.10 Å². The summed E-state index contributed by atoms with van der Waals surface area (Å²) in [5.41, 5.74) is 0.814. The molecule has 1 saturated heterocycles. The number of aryl methyl sites for hydroxylation is 1. The van der Waals surface area contributed by atoms with Crippen LogP contribution >= 0.6 is 0 Å². The lowest BCUT2D eigenvalue weighted by atomic mass is 10.1. The van der Waals surface area contributed by atoms with Gasteiger partial charge in [0.25, 0.3) is 11.8 Å². The molecule has 3 aromatic rings. The summed E-state index contributed by atoms with van der Waals surface area (Å²) in [6, 6.07) is 8.30. The zero-order chi connectivity index (χ0) is 22.7. The first-order chi connectivity index (χ1) is 15.4. The van der Waals surface area contributed by atoms with Gasteiger partial charge in [-0.25, -0.2) is 0 Å². The maximum absolute atomic E-state index is 12.8. The number of amides is 2. The number of nitrogens with one attached hydrogen (secondary N) is 1. The van der Waals surface area contributed by atoms with E-state index in [0.29, 0.717) is 34.2 Å². The highest BCUT2D eigenvalue weighted by atomic mass is 16.5. The lowest BCUT2D eigenvalue weighted by Crippen LogP contribution is -2.42. The summed E-state index contributed by atoms with van der Waals surface area (Å²) in [6.07, 6.45) is 5.72. The molecule has 32 heavy (non-hydrogen) atoms. The van der Waals surface area contributed by atoms with E-state index >= 15 is 0 Å². The first kappa shape index (κ1) is 21.4. The largest absolute Gasteiger partial charge is 0.491 e. The van der Waals surface area contributed by atoms with Crippen LogP contribution in [-0.4, -0.2) is 50.7 Å². The summed E-state index contributed by atoms with van der Waals surface area (Å²) >= 11 is 0. The molecular formula is C23H25N5O4. The third-order valence-electron chi connectivity index (χ3n) is 4.81. The monoisotopic (exact) mass is 435 g/mol. The van der Waals surface area contributed by atoms with E-state index in [2.05, 4.69) is 15.4 Å². The minimum Gasteiger partial charge on any atom is -0.491 e. The molecule has 1 N–H and O–H groups in total. The molecule has 166 valence electrons. The molecule has 0 unspecified atom stereocenters. The van der Waals surface area contributed by atoms with Gasteiger partial charge in [0.15, 0.2) is 5.82 Å². The van der Waals surface area contributed by atoms with Gasteiger partial charge in [0.05, 0.1) is 17.9 Å². The Balaban J connectivity index is 1.58. The Kier molecular flexibility index (Phi) is 6.07. The number of pyridine rings is 1. The number of anilines is 1. The van der Waals surface area contributed by atoms with Gasteiger partial charge in [0.2, 0.25) is 0 Å². The second-order valence-corrected chi connectivity index (χ2v) is 7.85. The predicted molar refractivity (Wildman–Crippen MR) is 118 cm³/mol. The number of benzene rings is 1. The van der Waals surface area contributed by atoms with Crippen molar-refractivity contribution in [2.75, 3.05) is 18.4 Å². The molecule has 2 amide bonds. The van der Waals surface area contributed by atoms with Crippen LogP contribution in [0.4, 0.5) is 5.82 Å². The van der Waals surface area contributed by atoms with Crippen LogP contribution in [0.2, 0.25) is 0 Å². The van der Waals surface area contributed by atoms with E-state index in [9.17, 15) is 9.59 Å². The Morgan fingerprint density at radius 3 is 2.44 bits per heavy atom. The SMILES string of the molecule is CC(C)Oc1cc(Oc2cncc(C(=O)N3CCC3)c2)cc(C(=O)Nc2ccn(C)n2)c1. The van der Waals surface area contributed by atoms with E-state index in [4.69, 9.17) is 9.47 Å². The Labute approximate surface area is 186 Å². The maximum atomic E-state index is 12.8. The highest BCUT2D eigenvalue weighted by Gasteiger charge is 2.22. The Hall–Kier alpha value is -3.88. The number of ether oxygens (including phenoxy) is 2. The van der Waals surface area contributed by atoms with Crippen LogP contribution in [0, 0.1) is 0 Å². The normalized spacial score (nSPS) is 12.9. The summed E-state index contributed by atoms with van der Waals surface area (Å²) in [6.45, 7) is 5.31. The van der Waals surface area contributed by atoms with Gasteiger partial charge in [-0.05, 0) is 38.5 Å². The van der Waals surface area contributed by atoms with Gasteiger partial charge in [-0.1, -0.05) is 0 Å². The van der Waals surface area contributed by atoms with Crippen molar-refractivity contribution in [3.63, 3.8) is 0 Å². The fourth-order valence-corrected chi connectivity index (χ4v) is 3.20. The number of hydrogen-bond acceptors (Lipinski definition) is 6. The van der Waals surface area contributed by atoms with Crippen molar-refractivity contribution in [1.82, 2.24) is 19.7 Å². The van der Waals surface area contributed by atoms with E-state index in [1.807, 2.05) is 13.8 Å². The summed E-state index contributed by atoms with van der Waals surface area (Å²) < 4.78 is 13.4. The topological polar surface area (TPSA) is 98.6 Å². The highest BCUT2D eigenvalue weighted by Crippen LogP contribution is 2.29. The van der Waals surface area contributed by atoms with Crippen LogP contribution in [-0.2, 0) is 7.05 Å². The van der Waals surface area contributed by atoms with Gasteiger partial charge in [-0.15, -0.1) is 0 Å². The molecule has 1 aromatic carbocycles. The number of likely N-dealkylation sites (tertiary alicyclic amines) is 1. The first-order valence-electron chi connectivity index (χ1n) is 10.4. The number of carbonyl (C=O) groups excluding carboxylic acids is 2. The van der Waals surface area contributed by atoms with Gasteiger partial charge in [0.1, 0.15) is 17.2 Å². The van der Waals surface area contributed by atoms with Crippen LogP contribution in [0.3, 0.4) is 0 Å². The van der Waals surface area contributed by atoms with Crippen LogP contribution in [0.25, 0.3) is 0 Å². The number of aromatic nitrogens is 3. The van der Waals surface area contributed by atoms with Gasteiger partial charge in [0, 0.05) is 50.2 Å². The zero-order valence-electron chi connectivity index (χ0n) is 18.2. The van der Waals surface area contributed by atoms with Crippen molar-refractivity contribution in [2.24, 2.45) is 7.05 Å². The molecule has 0 aliphatic carbocycles. The lowest BCUT2D eigenvalue weighted by molar-refractivity contribution is 0.0651. The lowest BCUT2D eigenvalue weighted by Gasteiger charge is -2.30. The minimum atomic E-state index is -0.345. The molecule has 0 saturated carbocycles. The third kappa shape index (κ3) is 5.05. The van der Waals surface area contributed by atoms with Crippen LogP contribution in [0.15, 0.2) is 48.9 Å². The first-order valence-corrected chi connectivity index (χ1v) is 10.4. The fourth-order valence-electron chi connectivity index (χ4n) is 3.20. The Morgan fingerprint density at radius 2 is 1.78 bits per heavy atom. The molecule has 9 nitrogen and oxygen atoms in total. The van der Waals surface area contributed by atoms with E-state index in [1.54, 1.807) is 53.2 Å². The molecule has 4 rings (SSSR count). The molecule has 9 heteroatoms. The smallest absolute Gasteiger partial charge is 0.257 e. The second-order valence-electron chi connectivity index (χ2n) is 7.85.